The van der Waals surface area contributed by atoms with E-state index in [1.165, 1.54) is 4.90 Å². The van der Waals surface area contributed by atoms with Gasteiger partial charge in [-0.15, -0.1) is 0 Å². The van der Waals surface area contributed by atoms with Crippen molar-refractivity contribution in [1.82, 2.24) is 4.90 Å². The molecule has 6 nitrogen and oxygen atoms in total. The molecular formula is C31H31NO5. The minimum atomic E-state index is -0.728. The Kier molecular flexibility index (Phi) is 6.99. The van der Waals surface area contributed by atoms with Gasteiger partial charge < -0.3 is 19.5 Å². The molecule has 2 aliphatic heterocycles. The molecule has 0 aromatic heterocycles. The van der Waals surface area contributed by atoms with Crippen molar-refractivity contribution in [2.24, 2.45) is 0 Å². The first kappa shape index (κ1) is 24.6. The predicted octanol–water partition coefficient (Wildman–Crippen LogP) is 5.81. The number of Topliss-reactive ketones (excluding diaryl/α,β-unsaturated/α-hetero) is 1. The van der Waals surface area contributed by atoms with Crippen LogP contribution in [0.25, 0.3) is 5.76 Å². The number of fused-ring (bicyclic) bond motifs is 1. The van der Waals surface area contributed by atoms with E-state index in [4.69, 9.17) is 9.47 Å². The average Bonchev–Trinajstić information content (AvgIpc) is 3.40. The van der Waals surface area contributed by atoms with Gasteiger partial charge in [-0.05, 0) is 60.4 Å². The minimum absolute atomic E-state index is 0.0573. The highest BCUT2D eigenvalue weighted by atomic mass is 16.5. The molecule has 2 unspecified atom stereocenters. The number of carbonyl (C=O) groups is 2. The third-order valence-corrected chi connectivity index (χ3v) is 6.87. The summed E-state index contributed by atoms with van der Waals surface area (Å²) in [6, 6.07) is 21.6. The summed E-state index contributed by atoms with van der Waals surface area (Å²) >= 11 is 0. The quantitative estimate of drug-likeness (QED) is 0.184. The van der Waals surface area contributed by atoms with Crippen LogP contribution in [0.5, 0.6) is 11.5 Å². The molecule has 0 aliphatic carbocycles. The molecule has 3 aromatic rings. The lowest BCUT2D eigenvalue weighted by molar-refractivity contribution is -0.140. The first-order chi connectivity index (χ1) is 18.0. The van der Waals surface area contributed by atoms with Crippen LogP contribution in [0.4, 0.5) is 0 Å². The fourth-order valence-electron chi connectivity index (χ4n) is 4.98. The topological polar surface area (TPSA) is 76.1 Å². The SMILES string of the molecule is CCCCOc1ccc(C2C(=C(O)c3ccc4c(c3)CC(C)O4)C(=O)C(=O)N2Cc2ccccc2)cc1. The van der Waals surface area contributed by atoms with E-state index >= 15 is 0 Å². The number of unbranched alkanes of at least 4 members (excludes halogenated alkanes) is 1. The molecule has 190 valence electrons. The number of benzene rings is 3. The second kappa shape index (κ2) is 10.5. The Hall–Kier alpha value is -4.06. The molecule has 1 fully saturated rings. The van der Waals surface area contributed by atoms with Crippen LogP contribution in [-0.2, 0) is 22.6 Å². The molecule has 2 aliphatic rings. The Morgan fingerprint density at radius 1 is 1.05 bits per heavy atom. The van der Waals surface area contributed by atoms with E-state index in [2.05, 4.69) is 6.92 Å². The van der Waals surface area contributed by atoms with Crippen molar-refractivity contribution in [3.8, 4) is 11.5 Å². The zero-order valence-corrected chi connectivity index (χ0v) is 21.1. The van der Waals surface area contributed by atoms with Gasteiger partial charge in [0.1, 0.15) is 23.4 Å². The molecule has 6 heteroatoms. The van der Waals surface area contributed by atoms with Gasteiger partial charge in [0, 0.05) is 18.5 Å². The van der Waals surface area contributed by atoms with E-state index in [-0.39, 0.29) is 24.0 Å². The van der Waals surface area contributed by atoms with Gasteiger partial charge in [-0.3, -0.25) is 9.59 Å². The van der Waals surface area contributed by atoms with Gasteiger partial charge in [0.2, 0.25) is 0 Å². The Morgan fingerprint density at radius 2 is 1.81 bits per heavy atom. The number of ketones is 1. The highest BCUT2D eigenvalue weighted by Gasteiger charge is 2.46. The number of likely N-dealkylation sites (tertiary alicyclic amines) is 1. The average molecular weight is 498 g/mol. The van der Waals surface area contributed by atoms with Crippen LogP contribution in [0.1, 0.15) is 55.0 Å². The van der Waals surface area contributed by atoms with Crippen LogP contribution in [0, 0.1) is 0 Å². The number of hydrogen-bond donors (Lipinski definition) is 1. The van der Waals surface area contributed by atoms with E-state index in [9.17, 15) is 14.7 Å². The fraction of sp³-hybridized carbons (Fsp3) is 0.290. The zero-order valence-electron chi connectivity index (χ0n) is 21.1. The summed E-state index contributed by atoms with van der Waals surface area (Å²) in [6.45, 7) is 4.97. The maximum absolute atomic E-state index is 13.4. The maximum Gasteiger partial charge on any atom is 0.295 e. The standard InChI is InChI=1S/C31H31NO5/c1-3-4-16-36-25-13-10-22(11-14-25)28-27(29(33)23-12-15-26-24(18-23)17-20(2)37-26)30(34)31(35)32(28)19-21-8-6-5-7-9-21/h5-15,18,20,28,33H,3-4,16-17,19H2,1-2H3. The molecule has 1 saturated heterocycles. The number of rotatable bonds is 8. The largest absolute Gasteiger partial charge is 0.507 e. The Labute approximate surface area is 217 Å². The van der Waals surface area contributed by atoms with Crippen LogP contribution in [0.2, 0.25) is 0 Å². The highest BCUT2D eigenvalue weighted by Crippen LogP contribution is 2.41. The van der Waals surface area contributed by atoms with Crippen molar-refractivity contribution in [3.05, 3.63) is 101 Å². The first-order valence-electron chi connectivity index (χ1n) is 12.8. The molecule has 1 N–H and O–H groups in total. The van der Waals surface area contributed by atoms with E-state index in [1.807, 2.05) is 73.7 Å². The van der Waals surface area contributed by atoms with Gasteiger partial charge in [0.25, 0.3) is 11.7 Å². The van der Waals surface area contributed by atoms with Crippen molar-refractivity contribution < 1.29 is 24.2 Å². The van der Waals surface area contributed by atoms with E-state index in [0.29, 0.717) is 12.2 Å². The van der Waals surface area contributed by atoms with Gasteiger partial charge in [-0.25, -0.2) is 0 Å². The van der Waals surface area contributed by atoms with E-state index < -0.39 is 17.7 Å². The number of nitrogens with zero attached hydrogens (tertiary/aromatic N) is 1. The van der Waals surface area contributed by atoms with Gasteiger partial charge in [0.15, 0.2) is 0 Å². The van der Waals surface area contributed by atoms with Crippen molar-refractivity contribution in [2.75, 3.05) is 6.61 Å². The maximum atomic E-state index is 13.4. The molecule has 2 heterocycles. The van der Waals surface area contributed by atoms with Gasteiger partial charge >= 0.3 is 0 Å². The predicted molar refractivity (Wildman–Crippen MR) is 141 cm³/mol. The lowest BCUT2D eigenvalue weighted by atomic mass is 9.94. The Balaban J connectivity index is 1.56. The van der Waals surface area contributed by atoms with Crippen LogP contribution >= 0.6 is 0 Å². The molecule has 0 spiro atoms. The highest BCUT2D eigenvalue weighted by molar-refractivity contribution is 6.46. The molecule has 0 bridgehead atoms. The Bertz CT molecular complexity index is 1330. The summed E-state index contributed by atoms with van der Waals surface area (Å²) in [5.74, 6) is 0.0156. The molecule has 0 saturated carbocycles. The summed E-state index contributed by atoms with van der Waals surface area (Å²) in [7, 11) is 0. The summed E-state index contributed by atoms with van der Waals surface area (Å²) in [5, 5.41) is 11.4. The number of hydrogen-bond acceptors (Lipinski definition) is 5. The number of aliphatic hydroxyl groups excluding tert-OH is 1. The van der Waals surface area contributed by atoms with Crippen LogP contribution in [-0.4, -0.2) is 34.4 Å². The van der Waals surface area contributed by atoms with Crippen molar-refractivity contribution in [1.29, 1.82) is 0 Å². The number of carbonyl (C=O) groups excluding carboxylic acids is 2. The van der Waals surface area contributed by atoms with Crippen LogP contribution in [0.15, 0.2) is 78.4 Å². The zero-order chi connectivity index (χ0) is 25.9. The second-order valence-corrected chi connectivity index (χ2v) is 9.64. The summed E-state index contributed by atoms with van der Waals surface area (Å²) < 4.78 is 11.6. The monoisotopic (exact) mass is 497 g/mol. The Morgan fingerprint density at radius 3 is 2.54 bits per heavy atom. The van der Waals surface area contributed by atoms with Crippen molar-refractivity contribution in [2.45, 2.75) is 51.8 Å². The number of amides is 1. The minimum Gasteiger partial charge on any atom is -0.507 e. The molecule has 3 aromatic carbocycles. The smallest absolute Gasteiger partial charge is 0.295 e. The van der Waals surface area contributed by atoms with E-state index in [1.54, 1.807) is 6.07 Å². The molecule has 0 radical (unpaired) electrons. The third-order valence-electron chi connectivity index (χ3n) is 6.87. The van der Waals surface area contributed by atoms with Crippen LogP contribution < -0.4 is 9.47 Å². The van der Waals surface area contributed by atoms with Gasteiger partial charge in [-0.2, -0.15) is 0 Å². The second-order valence-electron chi connectivity index (χ2n) is 9.64. The molecule has 37 heavy (non-hydrogen) atoms. The normalized spacial score (nSPS) is 20.1. The summed E-state index contributed by atoms with van der Waals surface area (Å²) in [4.78, 5) is 28.2. The molecule has 5 rings (SSSR count). The van der Waals surface area contributed by atoms with Crippen molar-refractivity contribution >= 4 is 17.4 Å². The van der Waals surface area contributed by atoms with Gasteiger partial charge in [-0.1, -0.05) is 55.8 Å². The van der Waals surface area contributed by atoms with E-state index in [0.717, 1.165) is 47.5 Å². The number of ether oxygens (including phenoxy) is 2. The molecule has 1 amide bonds. The number of aliphatic hydroxyl groups is 1. The molecular weight excluding hydrogens is 466 g/mol. The van der Waals surface area contributed by atoms with Crippen molar-refractivity contribution in [3.63, 3.8) is 0 Å². The first-order valence-corrected chi connectivity index (χ1v) is 12.8. The fourth-order valence-corrected chi connectivity index (χ4v) is 4.98. The molecule has 2 atom stereocenters. The lowest BCUT2D eigenvalue weighted by Gasteiger charge is -2.25. The van der Waals surface area contributed by atoms with Crippen LogP contribution in [0.3, 0.4) is 0 Å². The van der Waals surface area contributed by atoms with Gasteiger partial charge in [0.05, 0.1) is 18.2 Å². The third kappa shape index (κ3) is 4.96. The lowest BCUT2D eigenvalue weighted by Crippen LogP contribution is -2.29. The summed E-state index contributed by atoms with van der Waals surface area (Å²) in [5.41, 5.74) is 3.20. The summed E-state index contributed by atoms with van der Waals surface area (Å²) in [6.07, 6.45) is 2.78.